The van der Waals surface area contributed by atoms with E-state index in [9.17, 15) is 16.8 Å². The molecule has 2 aromatic carbocycles. The Hall–Kier alpha value is -1.90. The molecule has 0 bridgehead atoms. The molecule has 0 saturated carbocycles. The van der Waals surface area contributed by atoms with Gasteiger partial charge in [0.05, 0.1) is 32.7 Å². The lowest BCUT2D eigenvalue weighted by Gasteiger charge is -2.09. The Labute approximate surface area is 129 Å². The maximum Gasteiger partial charge on any atom is 0.208 e. The molecule has 0 atom stereocenters. The lowest BCUT2D eigenvalue weighted by Crippen LogP contribution is -2.11. The molecule has 6 nitrogen and oxygen atoms in total. The van der Waals surface area contributed by atoms with Crippen LogP contribution in [0.2, 0.25) is 0 Å². The van der Waals surface area contributed by atoms with Crippen LogP contribution in [-0.2, 0) is 19.7 Å². The van der Waals surface area contributed by atoms with Gasteiger partial charge in [-0.15, -0.1) is 0 Å². The van der Waals surface area contributed by atoms with E-state index in [0.29, 0.717) is 0 Å². The summed E-state index contributed by atoms with van der Waals surface area (Å²) in [4.78, 5) is -0.395. The van der Waals surface area contributed by atoms with Crippen LogP contribution in [0.5, 0.6) is 0 Å². The van der Waals surface area contributed by atoms with Crippen molar-refractivity contribution < 1.29 is 21.9 Å². The molecule has 0 aliphatic carbocycles. The maximum absolute atomic E-state index is 12.6. The quantitative estimate of drug-likeness (QED) is 0.780. The van der Waals surface area contributed by atoms with Crippen LogP contribution in [0.15, 0.2) is 63.2 Å². The summed E-state index contributed by atoms with van der Waals surface area (Å²) in [6, 6.07) is 11.0. The molecule has 0 aliphatic rings. The number of sulfone groups is 2. The molecule has 8 heteroatoms. The van der Waals surface area contributed by atoms with Crippen LogP contribution in [0.25, 0.3) is 0 Å². The Kier molecular flexibility index (Phi) is 4.55. The van der Waals surface area contributed by atoms with E-state index in [4.69, 9.17) is 10.8 Å². The fourth-order valence-corrected chi connectivity index (χ4v) is 4.50. The summed E-state index contributed by atoms with van der Waals surface area (Å²) >= 11 is 0. The highest BCUT2D eigenvalue weighted by atomic mass is 32.2. The zero-order valence-electron chi connectivity index (χ0n) is 11.5. The third kappa shape index (κ3) is 3.13. The fraction of sp³-hybridized carbons (Fsp3) is 0.143. The van der Waals surface area contributed by atoms with Crippen LogP contribution in [0.4, 0.5) is 5.69 Å². The Morgan fingerprint density at radius 3 is 2.18 bits per heavy atom. The molecule has 0 radical (unpaired) electrons. The van der Waals surface area contributed by atoms with E-state index < -0.39 is 32.0 Å². The largest absolute Gasteiger partial charge is 0.398 e. The van der Waals surface area contributed by atoms with E-state index in [2.05, 4.69) is 0 Å². The van der Waals surface area contributed by atoms with Crippen molar-refractivity contribution in [2.75, 3.05) is 18.1 Å². The van der Waals surface area contributed by atoms with Crippen molar-refractivity contribution in [3.8, 4) is 0 Å². The average Bonchev–Trinajstić information content (AvgIpc) is 2.47. The standard InChI is InChI=1S/C14H15NO5S2/c15-13-6-1-2-7-14(13)22(19,20)12-5-3-4-11(10-12)21(17,18)9-8-16/h1-7,10,16H,8-9,15H2. The van der Waals surface area contributed by atoms with Crippen molar-refractivity contribution in [3.63, 3.8) is 0 Å². The average molecular weight is 341 g/mol. The zero-order valence-corrected chi connectivity index (χ0v) is 13.1. The molecule has 0 aliphatic heterocycles. The van der Waals surface area contributed by atoms with E-state index in [1.807, 2.05) is 0 Å². The Bertz CT molecular complexity index is 889. The summed E-state index contributed by atoms with van der Waals surface area (Å²) in [5.74, 6) is -0.468. The molecule has 118 valence electrons. The molecular formula is C14H15NO5S2. The third-order valence-corrected chi connectivity index (χ3v) is 6.56. The van der Waals surface area contributed by atoms with Crippen LogP contribution in [-0.4, -0.2) is 34.3 Å². The number of anilines is 1. The zero-order chi connectivity index (χ0) is 16.4. The summed E-state index contributed by atoms with van der Waals surface area (Å²) < 4.78 is 49.0. The predicted molar refractivity (Wildman–Crippen MR) is 81.9 cm³/mol. The number of aliphatic hydroxyl groups excluding tert-OH is 1. The van der Waals surface area contributed by atoms with Crippen LogP contribution in [0.3, 0.4) is 0 Å². The minimum absolute atomic E-state index is 0.0771. The van der Waals surface area contributed by atoms with Gasteiger partial charge in [-0.25, -0.2) is 16.8 Å². The Morgan fingerprint density at radius 2 is 1.55 bits per heavy atom. The fourth-order valence-electron chi connectivity index (χ4n) is 1.93. The molecule has 0 spiro atoms. The molecule has 0 fully saturated rings. The lowest BCUT2D eigenvalue weighted by molar-refractivity contribution is 0.319. The predicted octanol–water partition coefficient (Wildman–Crippen LogP) is 0.868. The van der Waals surface area contributed by atoms with Gasteiger partial charge in [-0.3, -0.25) is 0 Å². The Morgan fingerprint density at radius 1 is 0.909 bits per heavy atom. The van der Waals surface area contributed by atoms with Gasteiger partial charge in [0.2, 0.25) is 9.84 Å². The number of nitrogen functional groups attached to an aromatic ring is 1. The van der Waals surface area contributed by atoms with E-state index in [0.717, 1.165) is 6.07 Å². The number of hydrogen-bond acceptors (Lipinski definition) is 6. The smallest absolute Gasteiger partial charge is 0.208 e. The van der Waals surface area contributed by atoms with Crippen molar-refractivity contribution in [1.82, 2.24) is 0 Å². The van der Waals surface area contributed by atoms with Gasteiger partial charge >= 0.3 is 0 Å². The van der Waals surface area contributed by atoms with Gasteiger partial charge in [-0.2, -0.15) is 0 Å². The highest BCUT2D eigenvalue weighted by Crippen LogP contribution is 2.27. The van der Waals surface area contributed by atoms with Crippen molar-refractivity contribution >= 4 is 25.4 Å². The second kappa shape index (κ2) is 6.07. The van der Waals surface area contributed by atoms with Crippen LogP contribution >= 0.6 is 0 Å². The summed E-state index contributed by atoms with van der Waals surface area (Å²) in [5, 5.41) is 8.79. The van der Waals surface area contributed by atoms with Gasteiger partial charge < -0.3 is 10.8 Å². The first kappa shape index (κ1) is 16.5. The van der Waals surface area contributed by atoms with Gasteiger partial charge in [-0.05, 0) is 30.3 Å². The second-order valence-electron chi connectivity index (χ2n) is 4.56. The van der Waals surface area contributed by atoms with Gasteiger partial charge in [0.25, 0.3) is 0 Å². The minimum Gasteiger partial charge on any atom is -0.398 e. The molecule has 3 N–H and O–H groups in total. The SMILES string of the molecule is Nc1ccccc1S(=O)(=O)c1cccc(S(=O)(=O)CCO)c1. The molecule has 22 heavy (non-hydrogen) atoms. The molecule has 0 aromatic heterocycles. The van der Waals surface area contributed by atoms with Gasteiger partial charge in [0, 0.05) is 0 Å². The molecule has 0 saturated heterocycles. The monoisotopic (exact) mass is 341 g/mol. The van der Waals surface area contributed by atoms with Crippen LogP contribution in [0, 0.1) is 0 Å². The van der Waals surface area contributed by atoms with Crippen molar-refractivity contribution in [2.45, 2.75) is 14.7 Å². The molecule has 2 aromatic rings. The minimum atomic E-state index is -3.92. The molecule has 0 heterocycles. The van der Waals surface area contributed by atoms with E-state index in [1.54, 1.807) is 6.07 Å². The summed E-state index contributed by atoms with van der Waals surface area (Å²) in [6.07, 6.45) is 0. The Balaban J connectivity index is 2.57. The molecular weight excluding hydrogens is 326 g/mol. The normalized spacial score (nSPS) is 12.2. The number of rotatable bonds is 5. The van der Waals surface area contributed by atoms with Gasteiger partial charge in [-0.1, -0.05) is 18.2 Å². The highest BCUT2D eigenvalue weighted by Gasteiger charge is 2.22. The summed E-state index contributed by atoms with van der Waals surface area (Å²) in [5.41, 5.74) is 5.77. The first-order valence-corrected chi connectivity index (χ1v) is 9.46. The maximum atomic E-state index is 12.6. The van der Waals surface area contributed by atoms with Crippen LogP contribution < -0.4 is 5.73 Å². The van der Waals surface area contributed by atoms with E-state index in [-0.39, 0.29) is 20.4 Å². The topological polar surface area (TPSA) is 115 Å². The number of para-hydroxylation sites is 1. The van der Waals surface area contributed by atoms with Gasteiger partial charge in [0.15, 0.2) is 9.84 Å². The van der Waals surface area contributed by atoms with E-state index >= 15 is 0 Å². The third-order valence-electron chi connectivity index (χ3n) is 3.04. The number of hydrogen-bond donors (Lipinski definition) is 2. The molecule has 0 amide bonds. The van der Waals surface area contributed by atoms with E-state index in [1.165, 1.54) is 36.4 Å². The van der Waals surface area contributed by atoms with Crippen molar-refractivity contribution in [2.24, 2.45) is 0 Å². The first-order chi connectivity index (χ1) is 10.3. The number of nitrogens with two attached hydrogens (primary N) is 1. The second-order valence-corrected chi connectivity index (χ2v) is 8.59. The first-order valence-electron chi connectivity index (χ1n) is 6.32. The molecule has 2 rings (SSSR count). The summed E-state index contributed by atoms with van der Waals surface area (Å²) in [6.45, 7) is -0.537. The van der Waals surface area contributed by atoms with Crippen LogP contribution in [0.1, 0.15) is 0 Å². The lowest BCUT2D eigenvalue weighted by atomic mass is 10.3. The molecule has 0 unspecified atom stereocenters. The van der Waals surface area contributed by atoms with Gasteiger partial charge in [0.1, 0.15) is 0 Å². The highest BCUT2D eigenvalue weighted by molar-refractivity contribution is 7.92. The number of benzene rings is 2. The van der Waals surface area contributed by atoms with Crippen molar-refractivity contribution in [3.05, 3.63) is 48.5 Å². The number of aliphatic hydroxyl groups is 1. The van der Waals surface area contributed by atoms with Crippen molar-refractivity contribution in [1.29, 1.82) is 0 Å². The summed E-state index contributed by atoms with van der Waals surface area (Å²) in [7, 11) is -7.65.